The van der Waals surface area contributed by atoms with Crippen LogP contribution in [-0.4, -0.2) is 30.8 Å². The summed E-state index contributed by atoms with van der Waals surface area (Å²) in [6, 6.07) is 9.19. The average Bonchev–Trinajstić information content (AvgIpc) is 3.03. The lowest BCUT2D eigenvalue weighted by molar-refractivity contribution is 0.149. The third kappa shape index (κ3) is 2.60. The standard InChI is InChI=1S/C16H20N2OS/c1-2-4-14-13(3-1)18-15(20-14)9-16(7-8-19-11-16)10-17-12-5-6-12/h1-4,12,17H,5-11H2. The first kappa shape index (κ1) is 12.7. The molecule has 1 saturated heterocycles. The zero-order chi connectivity index (χ0) is 13.4. The molecule has 3 nitrogen and oxygen atoms in total. The summed E-state index contributed by atoms with van der Waals surface area (Å²) in [6.45, 7) is 2.85. The van der Waals surface area contributed by atoms with E-state index in [4.69, 9.17) is 9.72 Å². The molecule has 106 valence electrons. The van der Waals surface area contributed by atoms with E-state index >= 15 is 0 Å². The quantitative estimate of drug-likeness (QED) is 0.918. The summed E-state index contributed by atoms with van der Waals surface area (Å²) in [5, 5.41) is 4.95. The summed E-state index contributed by atoms with van der Waals surface area (Å²) in [5.41, 5.74) is 1.40. The maximum Gasteiger partial charge on any atom is 0.0945 e. The zero-order valence-corrected chi connectivity index (χ0v) is 12.4. The molecule has 1 aliphatic heterocycles. The number of para-hydroxylation sites is 1. The minimum Gasteiger partial charge on any atom is -0.381 e. The van der Waals surface area contributed by atoms with Gasteiger partial charge in [-0.25, -0.2) is 4.98 Å². The molecule has 1 unspecified atom stereocenters. The van der Waals surface area contributed by atoms with Crippen LogP contribution in [0.5, 0.6) is 0 Å². The lowest BCUT2D eigenvalue weighted by Gasteiger charge is -2.26. The van der Waals surface area contributed by atoms with Crippen molar-refractivity contribution in [1.82, 2.24) is 10.3 Å². The molecule has 1 saturated carbocycles. The lowest BCUT2D eigenvalue weighted by atomic mass is 9.84. The number of aromatic nitrogens is 1. The molecule has 1 atom stereocenters. The van der Waals surface area contributed by atoms with Gasteiger partial charge in [0.05, 0.1) is 21.8 Å². The maximum absolute atomic E-state index is 5.70. The Morgan fingerprint density at radius 3 is 3.00 bits per heavy atom. The highest BCUT2D eigenvalue weighted by Gasteiger charge is 2.37. The summed E-state index contributed by atoms with van der Waals surface area (Å²) < 4.78 is 6.99. The molecule has 2 fully saturated rings. The fraction of sp³-hybridized carbons (Fsp3) is 0.562. The summed E-state index contributed by atoms with van der Waals surface area (Å²) in [7, 11) is 0. The smallest absolute Gasteiger partial charge is 0.0945 e. The Bertz CT molecular complexity index is 566. The fourth-order valence-electron chi connectivity index (χ4n) is 2.96. The molecule has 1 aromatic heterocycles. The Morgan fingerprint density at radius 1 is 1.35 bits per heavy atom. The number of rotatable bonds is 5. The molecule has 2 aromatic rings. The molecule has 0 spiro atoms. The molecule has 2 heterocycles. The van der Waals surface area contributed by atoms with E-state index in [0.717, 1.165) is 44.2 Å². The van der Waals surface area contributed by atoms with Gasteiger partial charge in [0.15, 0.2) is 0 Å². The van der Waals surface area contributed by atoms with Crippen molar-refractivity contribution >= 4 is 21.6 Å². The topological polar surface area (TPSA) is 34.1 Å². The molecule has 4 rings (SSSR count). The van der Waals surface area contributed by atoms with Gasteiger partial charge >= 0.3 is 0 Å². The Morgan fingerprint density at radius 2 is 2.25 bits per heavy atom. The van der Waals surface area contributed by atoms with E-state index in [2.05, 4.69) is 29.6 Å². The van der Waals surface area contributed by atoms with Crippen molar-refractivity contribution in [3.05, 3.63) is 29.3 Å². The van der Waals surface area contributed by atoms with Gasteiger partial charge in [0.1, 0.15) is 0 Å². The Hall–Kier alpha value is -0.970. The molecule has 1 aliphatic carbocycles. The number of hydrogen-bond donors (Lipinski definition) is 1. The van der Waals surface area contributed by atoms with Gasteiger partial charge in [-0.05, 0) is 31.4 Å². The third-order valence-electron chi connectivity index (χ3n) is 4.39. The first-order valence-electron chi connectivity index (χ1n) is 7.49. The molecule has 4 heteroatoms. The average molecular weight is 288 g/mol. The van der Waals surface area contributed by atoms with Crippen molar-refractivity contribution < 1.29 is 4.74 Å². The van der Waals surface area contributed by atoms with Gasteiger partial charge in [-0.1, -0.05) is 12.1 Å². The first-order valence-corrected chi connectivity index (χ1v) is 8.30. The summed E-state index contributed by atoms with van der Waals surface area (Å²) in [4.78, 5) is 4.80. The van der Waals surface area contributed by atoms with Crippen LogP contribution in [-0.2, 0) is 11.2 Å². The predicted molar refractivity (Wildman–Crippen MR) is 82.2 cm³/mol. The molecule has 0 bridgehead atoms. The van der Waals surface area contributed by atoms with Gasteiger partial charge in [0, 0.05) is 31.0 Å². The zero-order valence-electron chi connectivity index (χ0n) is 11.6. The number of hydrogen-bond acceptors (Lipinski definition) is 4. The highest BCUT2D eigenvalue weighted by molar-refractivity contribution is 7.18. The minimum absolute atomic E-state index is 0.260. The Balaban J connectivity index is 1.53. The fourth-order valence-corrected chi connectivity index (χ4v) is 4.10. The van der Waals surface area contributed by atoms with Crippen LogP contribution in [0.3, 0.4) is 0 Å². The Kier molecular flexibility index (Phi) is 3.25. The van der Waals surface area contributed by atoms with E-state index in [0.29, 0.717) is 0 Å². The second-order valence-corrected chi connectivity index (χ2v) is 7.33. The first-order chi connectivity index (χ1) is 9.83. The Labute approximate surface area is 123 Å². The number of nitrogens with zero attached hydrogens (tertiary/aromatic N) is 1. The molecule has 0 amide bonds. The minimum atomic E-state index is 0.260. The predicted octanol–water partition coefficient (Wildman–Crippen LogP) is 3.00. The van der Waals surface area contributed by atoms with Gasteiger partial charge in [0.2, 0.25) is 0 Å². The number of fused-ring (bicyclic) bond motifs is 1. The van der Waals surface area contributed by atoms with Gasteiger partial charge in [-0.2, -0.15) is 0 Å². The van der Waals surface area contributed by atoms with Crippen LogP contribution in [0.15, 0.2) is 24.3 Å². The molecular weight excluding hydrogens is 268 g/mol. The number of benzene rings is 1. The van der Waals surface area contributed by atoms with Crippen LogP contribution in [0, 0.1) is 5.41 Å². The van der Waals surface area contributed by atoms with Crippen LogP contribution in [0.4, 0.5) is 0 Å². The van der Waals surface area contributed by atoms with Gasteiger partial charge < -0.3 is 10.1 Å². The number of nitrogens with one attached hydrogen (secondary N) is 1. The number of thiazole rings is 1. The second-order valence-electron chi connectivity index (χ2n) is 6.21. The maximum atomic E-state index is 5.70. The molecular formula is C16H20N2OS. The third-order valence-corrected chi connectivity index (χ3v) is 5.43. The van der Waals surface area contributed by atoms with Crippen molar-refractivity contribution in [3.8, 4) is 0 Å². The van der Waals surface area contributed by atoms with Crippen molar-refractivity contribution in [2.45, 2.75) is 31.7 Å². The van der Waals surface area contributed by atoms with Crippen LogP contribution in [0.2, 0.25) is 0 Å². The van der Waals surface area contributed by atoms with Crippen LogP contribution in [0.25, 0.3) is 10.2 Å². The molecule has 1 N–H and O–H groups in total. The molecule has 20 heavy (non-hydrogen) atoms. The normalized spacial score (nSPS) is 26.4. The lowest BCUT2D eigenvalue weighted by Crippen LogP contribution is -2.37. The van der Waals surface area contributed by atoms with Gasteiger partial charge in [-0.3, -0.25) is 0 Å². The highest BCUT2D eigenvalue weighted by atomic mass is 32.1. The summed E-state index contributed by atoms with van der Waals surface area (Å²) >= 11 is 1.84. The summed E-state index contributed by atoms with van der Waals surface area (Å²) in [5.74, 6) is 0. The largest absolute Gasteiger partial charge is 0.381 e. The summed E-state index contributed by atoms with van der Waals surface area (Å²) in [6.07, 6.45) is 4.89. The van der Waals surface area contributed by atoms with Crippen LogP contribution in [0.1, 0.15) is 24.3 Å². The second kappa shape index (κ2) is 5.10. The van der Waals surface area contributed by atoms with Crippen molar-refractivity contribution in [1.29, 1.82) is 0 Å². The molecule has 0 radical (unpaired) electrons. The van der Waals surface area contributed by atoms with E-state index in [1.54, 1.807) is 0 Å². The van der Waals surface area contributed by atoms with E-state index < -0.39 is 0 Å². The van der Waals surface area contributed by atoms with Crippen LogP contribution >= 0.6 is 11.3 Å². The molecule has 2 aliphatic rings. The highest BCUT2D eigenvalue weighted by Crippen LogP contribution is 2.35. The monoisotopic (exact) mass is 288 g/mol. The van der Waals surface area contributed by atoms with Gasteiger partial charge in [-0.15, -0.1) is 11.3 Å². The van der Waals surface area contributed by atoms with Crippen molar-refractivity contribution in [3.63, 3.8) is 0 Å². The van der Waals surface area contributed by atoms with Gasteiger partial charge in [0.25, 0.3) is 0 Å². The van der Waals surface area contributed by atoms with Crippen molar-refractivity contribution in [2.24, 2.45) is 5.41 Å². The molecule has 1 aromatic carbocycles. The SMILES string of the molecule is c1ccc2sc(CC3(CNC4CC4)CCOC3)nc2c1. The van der Waals surface area contributed by atoms with Crippen molar-refractivity contribution in [2.75, 3.05) is 19.8 Å². The van der Waals surface area contributed by atoms with E-state index in [1.807, 2.05) is 11.3 Å². The van der Waals surface area contributed by atoms with Crippen LogP contribution < -0.4 is 5.32 Å². The van der Waals surface area contributed by atoms with E-state index in [9.17, 15) is 0 Å². The number of ether oxygens (including phenoxy) is 1. The van der Waals surface area contributed by atoms with E-state index in [1.165, 1.54) is 22.5 Å². The van der Waals surface area contributed by atoms with E-state index in [-0.39, 0.29) is 5.41 Å².